The molecule has 1 aliphatic rings. The molecule has 8 heteroatoms. The Morgan fingerprint density at radius 2 is 1.79 bits per heavy atom. The number of ether oxygens (including phenoxy) is 1. The Kier molecular flexibility index (Phi) is 6.21. The molecule has 0 unspecified atom stereocenters. The Bertz CT molecular complexity index is 898. The number of benzene rings is 2. The number of nitrogens with one attached hydrogen (secondary N) is 2. The van der Waals surface area contributed by atoms with Crippen LogP contribution in [0.3, 0.4) is 0 Å². The van der Waals surface area contributed by atoms with Gasteiger partial charge in [0.2, 0.25) is 11.8 Å². The number of halogens is 2. The van der Waals surface area contributed by atoms with E-state index in [9.17, 15) is 23.2 Å². The summed E-state index contributed by atoms with van der Waals surface area (Å²) in [7, 11) is 0. The number of carbonyl (C=O) groups is 3. The van der Waals surface area contributed by atoms with Crippen molar-refractivity contribution in [1.29, 1.82) is 0 Å². The quantitative estimate of drug-likeness (QED) is 0.698. The Labute approximate surface area is 166 Å². The molecule has 29 heavy (non-hydrogen) atoms. The molecule has 1 aliphatic heterocycles. The van der Waals surface area contributed by atoms with Gasteiger partial charge in [-0.25, -0.2) is 0 Å². The van der Waals surface area contributed by atoms with Crippen molar-refractivity contribution < 1.29 is 27.9 Å². The van der Waals surface area contributed by atoms with Crippen molar-refractivity contribution in [2.45, 2.75) is 32.4 Å². The van der Waals surface area contributed by atoms with Gasteiger partial charge in [0.15, 0.2) is 0 Å². The van der Waals surface area contributed by atoms with Gasteiger partial charge in [-0.3, -0.25) is 19.7 Å². The van der Waals surface area contributed by atoms with Crippen LogP contribution >= 0.6 is 0 Å². The van der Waals surface area contributed by atoms with Gasteiger partial charge in [0.05, 0.1) is 12.0 Å². The molecule has 1 heterocycles. The molecule has 2 atom stereocenters. The molecule has 0 spiro atoms. The minimum Gasteiger partial charge on any atom is -0.435 e. The number of carbonyl (C=O) groups excluding carboxylic acids is 3. The van der Waals surface area contributed by atoms with E-state index in [1.165, 1.54) is 12.1 Å². The van der Waals surface area contributed by atoms with Crippen LogP contribution < -0.4 is 15.4 Å². The second kappa shape index (κ2) is 8.81. The van der Waals surface area contributed by atoms with E-state index in [1.54, 1.807) is 43.3 Å². The third-order valence-electron chi connectivity index (χ3n) is 4.72. The first-order valence-corrected chi connectivity index (χ1v) is 9.10. The standard InChI is InChI=1S/C21H20F2N2O4/c1-12(14-6-8-17(9-7-14)29-21(22)23)24-19(27)15-4-2-13(3-5-15)10-16-11-18(26)25-20(16)28/h2-9,12,16,21H,10-11H2,1H3,(H,24,27)(H,25,26,28)/t12-,16+/m1/s1. The second-order valence-electron chi connectivity index (χ2n) is 6.86. The highest BCUT2D eigenvalue weighted by molar-refractivity contribution is 6.03. The van der Waals surface area contributed by atoms with E-state index in [2.05, 4.69) is 15.4 Å². The van der Waals surface area contributed by atoms with Gasteiger partial charge in [0, 0.05) is 12.0 Å². The van der Waals surface area contributed by atoms with E-state index >= 15 is 0 Å². The van der Waals surface area contributed by atoms with Crippen LogP contribution in [0.25, 0.3) is 0 Å². The monoisotopic (exact) mass is 402 g/mol. The average molecular weight is 402 g/mol. The lowest BCUT2D eigenvalue weighted by atomic mass is 9.97. The van der Waals surface area contributed by atoms with Gasteiger partial charge >= 0.3 is 6.61 Å². The summed E-state index contributed by atoms with van der Waals surface area (Å²) in [6, 6.07) is 12.6. The number of hydrogen-bond acceptors (Lipinski definition) is 4. The molecule has 2 aromatic rings. The van der Waals surface area contributed by atoms with Gasteiger partial charge in [-0.2, -0.15) is 8.78 Å². The third-order valence-corrected chi connectivity index (χ3v) is 4.72. The highest BCUT2D eigenvalue weighted by atomic mass is 19.3. The van der Waals surface area contributed by atoms with E-state index in [0.29, 0.717) is 12.0 Å². The molecular formula is C21H20F2N2O4. The first kappa shape index (κ1) is 20.4. The first-order chi connectivity index (χ1) is 13.8. The van der Waals surface area contributed by atoms with Gasteiger partial charge in [0.25, 0.3) is 5.91 Å². The van der Waals surface area contributed by atoms with Crippen molar-refractivity contribution in [3.05, 3.63) is 65.2 Å². The highest BCUT2D eigenvalue weighted by Gasteiger charge is 2.30. The third kappa shape index (κ3) is 5.37. The largest absolute Gasteiger partial charge is 0.435 e. The van der Waals surface area contributed by atoms with E-state index in [0.717, 1.165) is 11.1 Å². The van der Waals surface area contributed by atoms with Crippen LogP contribution in [-0.2, 0) is 16.0 Å². The van der Waals surface area contributed by atoms with Crippen LogP contribution in [-0.4, -0.2) is 24.3 Å². The van der Waals surface area contributed by atoms with Gasteiger partial charge in [0.1, 0.15) is 5.75 Å². The van der Waals surface area contributed by atoms with Gasteiger partial charge in [-0.05, 0) is 48.7 Å². The van der Waals surface area contributed by atoms with Crippen molar-refractivity contribution in [3.63, 3.8) is 0 Å². The summed E-state index contributed by atoms with van der Waals surface area (Å²) in [6.07, 6.45) is 0.614. The number of hydrogen-bond donors (Lipinski definition) is 2. The molecule has 1 saturated heterocycles. The molecule has 0 radical (unpaired) electrons. The van der Waals surface area contributed by atoms with Crippen LogP contribution in [0.15, 0.2) is 48.5 Å². The maximum atomic E-state index is 12.4. The molecule has 1 fully saturated rings. The van der Waals surface area contributed by atoms with Crippen LogP contribution in [0, 0.1) is 5.92 Å². The number of imide groups is 1. The normalized spacial score (nSPS) is 17.2. The maximum Gasteiger partial charge on any atom is 0.387 e. The zero-order chi connectivity index (χ0) is 21.0. The molecule has 2 aromatic carbocycles. The predicted octanol–water partition coefficient (Wildman–Crippen LogP) is 2.98. The summed E-state index contributed by atoms with van der Waals surface area (Å²) in [5, 5.41) is 5.12. The molecule has 0 aromatic heterocycles. The minimum absolute atomic E-state index is 0.0514. The average Bonchev–Trinajstić information content (AvgIpc) is 2.99. The van der Waals surface area contributed by atoms with Gasteiger partial charge in [-0.1, -0.05) is 24.3 Å². The van der Waals surface area contributed by atoms with Crippen LogP contribution in [0.2, 0.25) is 0 Å². The SMILES string of the molecule is C[C@@H](NC(=O)c1ccc(C[C@H]2CC(=O)NC2=O)cc1)c1ccc(OC(F)F)cc1. The van der Waals surface area contributed by atoms with Crippen LogP contribution in [0.4, 0.5) is 8.78 Å². The van der Waals surface area contributed by atoms with Crippen molar-refractivity contribution in [2.75, 3.05) is 0 Å². The molecule has 2 N–H and O–H groups in total. The van der Waals surface area contributed by atoms with Crippen molar-refractivity contribution in [2.24, 2.45) is 5.92 Å². The second-order valence-corrected chi connectivity index (χ2v) is 6.86. The summed E-state index contributed by atoms with van der Waals surface area (Å²) >= 11 is 0. The topological polar surface area (TPSA) is 84.5 Å². The van der Waals surface area contributed by atoms with E-state index < -0.39 is 6.61 Å². The van der Waals surface area contributed by atoms with Crippen LogP contribution in [0.5, 0.6) is 5.75 Å². The van der Waals surface area contributed by atoms with Gasteiger partial charge in [-0.15, -0.1) is 0 Å². The molecule has 0 aliphatic carbocycles. The van der Waals surface area contributed by atoms with E-state index in [1.807, 2.05) is 0 Å². The Morgan fingerprint density at radius 3 is 2.34 bits per heavy atom. The zero-order valence-electron chi connectivity index (χ0n) is 15.7. The summed E-state index contributed by atoms with van der Waals surface area (Å²) in [5.74, 6) is -1.14. The predicted molar refractivity (Wildman–Crippen MR) is 100 cm³/mol. The molecule has 0 bridgehead atoms. The van der Waals surface area contributed by atoms with Crippen LogP contribution in [0.1, 0.15) is 40.9 Å². The van der Waals surface area contributed by atoms with Crippen molar-refractivity contribution >= 4 is 17.7 Å². The Balaban J connectivity index is 1.57. The van der Waals surface area contributed by atoms with Crippen molar-refractivity contribution in [3.8, 4) is 5.75 Å². The Morgan fingerprint density at radius 1 is 1.14 bits per heavy atom. The highest BCUT2D eigenvalue weighted by Crippen LogP contribution is 2.20. The Hall–Kier alpha value is -3.29. The van der Waals surface area contributed by atoms with E-state index in [4.69, 9.17) is 0 Å². The lowest BCUT2D eigenvalue weighted by Gasteiger charge is -2.15. The summed E-state index contributed by atoms with van der Waals surface area (Å²) in [6.45, 7) is -1.10. The summed E-state index contributed by atoms with van der Waals surface area (Å²) < 4.78 is 28.7. The summed E-state index contributed by atoms with van der Waals surface area (Å²) in [4.78, 5) is 35.4. The smallest absolute Gasteiger partial charge is 0.387 e. The molecule has 152 valence electrons. The molecule has 0 saturated carbocycles. The minimum atomic E-state index is -2.88. The zero-order valence-corrected chi connectivity index (χ0v) is 15.7. The fraction of sp³-hybridized carbons (Fsp3) is 0.286. The fourth-order valence-electron chi connectivity index (χ4n) is 3.15. The number of alkyl halides is 2. The summed E-state index contributed by atoms with van der Waals surface area (Å²) in [5.41, 5.74) is 2.05. The number of rotatable bonds is 7. The molecular weight excluding hydrogens is 382 g/mol. The lowest BCUT2D eigenvalue weighted by Crippen LogP contribution is -2.26. The molecule has 6 nitrogen and oxygen atoms in total. The van der Waals surface area contributed by atoms with Gasteiger partial charge < -0.3 is 10.1 Å². The number of amides is 3. The lowest BCUT2D eigenvalue weighted by molar-refractivity contribution is -0.125. The fourth-order valence-corrected chi connectivity index (χ4v) is 3.15. The first-order valence-electron chi connectivity index (χ1n) is 9.10. The van der Waals surface area contributed by atoms with Crippen molar-refractivity contribution in [1.82, 2.24) is 10.6 Å². The maximum absolute atomic E-state index is 12.4. The molecule has 3 rings (SSSR count). The van der Waals surface area contributed by atoms with E-state index in [-0.39, 0.29) is 41.9 Å². The molecule has 3 amide bonds.